The second-order valence-corrected chi connectivity index (χ2v) is 11.6. The summed E-state index contributed by atoms with van der Waals surface area (Å²) in [7, 11) is 5.26. The number of methoxy groups -OCH3 is 2. The molecule has 10 nitrogen and oxygen atoms in total. The number of benzene rings is 2. The van der Waals surface area contributed by atoms with Crippen LogP contribution in [0.4, 0.5) is 4.79 Å². The lowest BCUT2D eigenvalue weighted by molar-refractivity contribution is 0.0322. The summed E-state index contributed by atoms with van der Waals surface area (Å²) >= 11 is 0. The first kappa shape index (κ1) is 28.5. The average molecular weight is 562 g/mol. The molecule has 3 heterocycles. The monoisotopic (exact) mass is 561 g/mol. The van der Waals surface area contributed by atoms with Gasteiger partial charge in [-0.15, -0.1) is 0 Å². The summed E-state index contributed by atoms with van der Waals surface area (Å²) in [6.45, 7) is 7.87. The SMILES string of the molecule is COCCn1c(-c2nc3cc(C(=O)N4CCC[C@@H](OC(=O)NC(C)(C)C)C4)cc(OC)c3n2C)cc2ccccc21. The van der Waals surface area contributed by atoms with Crippen LogP contribution in [0.2, 0.25) is 0 Å². The van der Waals surface area contributed by atoms with Crippen LogP contribution in [0.5, 0.6) is 5.75 Å². The van der Waals surface area contributed by atoms with Gasteiger partial charge in [0.05, 0.1) is 31.5 Å². The number of nitrogens with zero attached hydrogens (tertiary/aromatic N) is 4. The molecule has 1 N–H and O–H groups in total. The molecule has 0 bridgehead atoms. The summed E-state index contributed by atoms with van der Waals surface area (Å²) in [4.78, 5) is 32.8. The highest BCUT2D eigenvalue weighted by atomic mass is 16.6. The Morgan fingerprint density at radius 3 is 2.63 bits per heavy atom. The summed E-state index contributed by atoms with van der Waals surface area (Å²) in [5.74, 6) is 1.20. The van der Waals surface area contributed by atoms with E-state index >= 15 is 0 Å². The number of aromatic nitrogens is 3. The highest BCUT2D eigenvalue weighted by molar-refractivity contribution is 6.00. The number of imidazole rings is 1. The Kier molecular flexibility index (Phi) is 7.95. The minimum atomic E-state index is -0.469. The Hall–Kier alpha value is -4.05. The largest absolute Gasteiger partial charge is 0.494 e. The zero-order chi connectivity index (χ0) is 29.3. The van der Waals surface area contributed by atoms with E-state index in [0.717, 1.165) is 34.4 Å². The van der Waals surface area contributed by atoms with Crippen molar-refractivity contribution < 1.29 is 23.8 Å². The van der Waals surface area contributed by atoms with Crippen LogP contribution in [0, 0.1) is 0 Å². The molecule has 0 aliphatic carbocycles. The summed E-state index contributed by atoms with van der Waals surface area (Å²) < 4.78 is 21.0. The van der Waals surface area contributed by atoms with Crippen LogP contribution < -0.4 is 10.1 Å². The third-order valence-electron chi connectivity index (χ3n) is 7.38. The van der Waals surface area contributed by atoms with Crippen LogP contribution in [0.15, 0.2) is 42.5 Å². The topological polar surface area (TPSA) is 99.8 Å². The molecule has 4 aromatic rings. The van der Waals surface area contributed by atoms with Crippen molar-refractivity contribution in [3.05, 3.63) is 48.0 Å². The van der Waals surface area contributed by atoms with E-state index in [9.17, 15) is 9.59 Å². The van der Waals surface area contributed by atoms with Crippen molar-refractivity contribution in [2.45, 2.75) is 51.8 Å². The van der Waals surface area contributed by atoms with Gasteiger partial charge in [0.2, 0.25) is 0 Å². The fourth-order valence-corrected chi connectivity index (χ4v) is 5.53. The van der Waals surface area contributed by atoms with Crippen molar-refractivity contribution in [2.75, 3.05) is 33.9 Å². The molecule has 5 rings (SSSR count). The maximum absolute atomic E-state index is 13.7. The van der Waals surface area contributed by atoms with Crippen molar-refractivity contribution >= 4 is 33.9 Å². The Bertz CT molecular complexity index is 1580. The Morgan fingerprint density at radius 1 is 1.12 bits per heavy atom. The van der Waals surface area contributed by atoms with Gasteiger partial charge in [-0.2, -0.15) is 0 Å². The summed E-state index contributed by atoms with van der Waals surface area (Å²) in [6.07, 6.45) is 0.628. The van der Waals surface area contributed by atoms with E-state index in [4.69, 9.17) is 19.2 Å². The lowest BCUT2D eigenvalue weighted by Gasteiger charge is -2.33. The second-order valence-electron chi connectivity index (χ2n) is 11.6. The number of hydrogen-bond donors (Lipinski definition) is 1. The number of aryl methyl sites for hydroxylation is 1. The van der Waals surface area contributed by atoms with E-state index in [1.165, 1.54) is 0 Å². The molecule has 1 fully saturated rings. The number of nitrogens with one attached hydrogen (secondary N) is 1. The molecule has 218 valence electrons. The first-order chi connectivity index (χ1) is 19.6. The van der Waals surface area contributed by atoms with Gasteiger partial charge < -0.3 is 33.6 Å². The number of ether oxygens (including phenoxy) is 3. The minimum Gasteiger partial charge on any atom is -0.494 e. The molecule has 1 aliphatic rings. The van der Waals surface area contributed by atoms with Crippen LogP contribution in [-0.4, -0.2) is 76.6 Å². The third kappa shape index (κ3) is 5.88. The molecule has 0 spiro atoms. The summed E-state index contributed by atoms with van der Waals surface area (Å²) in [5, 5.41) is 3.94. The number of rotatable bonds is 7. The number of amides is 2. The molecule has 2 amide bonds. The molecule has 2 aromatic carbocycles. The Balaban J connectivity index is 1.46. The molecule has 0 saturated carbocycles. The number of piperidine rings is 1. The molecule has 1 saturated heterocycles. The smallest absolute Gasteiger partial charge is 0.407 e. The first-order valence-electron chi connectivity index (χ1n) is 14.0. The van der Waals surface area contributed by atoms with Crippen molar-refractivity contribution in [1.82, 2.24) is 24.3 Å². The Morgan fingerprint density at radius 2 is 1.90 bits per heavy atom. The van der Waals surface area contributed by atoms with Crippen molar-refractivity contribution in [3.63, 3.8) is 0 Å². The average Bonchev–Trinajstić information content (AvgIpc) is 3.47. The van der Waals surface area contributed by atoms with E-state index in [1.807, 2.05) is 50.6 Å². The molecule has 1 atom stereocenters. The van der Waals surface area contributed by atoms with Crippen molar-refractivity contribution in [2.24, 2.45) is 7.05 Å². The predicted molar refractivity (Wildman–Crippen MR) is 158 cm³/mol. The number of carbonyl (C=O) groups excluding carboxylic acids is 2. The number of carbonyl (C=O) groups is 2. The van der Waals surface area contributed by atoms with Gasteiger partial charge in [0.15, 0.2) is 5.82 Å². The number of likely N-dealkylation sites (tertiary alicyclic amines) is 1. The van der Waals surface area contributed by atoms with Gasteiger partial charge in [-0.05, 0) is 57.9 Å². The van der Waals surface area contributed by atoms with Crippen LogP contribution in [0.3, 0.4) is 0 Å². The van der Waals surface area contributed by atoms with Gasteiger partial charge in [0.1, 0.15) is 17.4 Å². The molecule has 0 unspecified atom stereocenters. The number of fused-ring (bicyclic) bond motifs is 2. The van der Waals surface area contributed by atoms with Crippen LogP contribution in [0.25, 0.3) is 33.5 Å². The molecule has 0 radical (unpaired) electrons. The quantitative estimate of drug-likeness (QED) is 0.342. The zero-order valence-corrected chi connectivity index (χ0v) is 24.7. The molecule has 2 aromatic heterocycles. The maximum Gasteiger partial charge on any atom is 0.407 e. The zero-order valence-electron chi connectivity index (χ0n) is 24.7. The molecular formula is C31H39N5O5. The van der Waals surface area contributed by atoms with E-state index in [-0.39, 0.29) is 12.0 Å². The standard InChI is InChI=1S/C31H39N5O5/c1-31(2,3)33-30(38)41-22-11-9-13-35(19-22)29(37)21-16-23-27(26(18-21)40-6)34(4)28(32-23)25-17-20-10-7-8-12-24(20)36(25)14-15-39-5/h7-8,10,12,16-18,22H,9,11,13-15,19H2,1-6H3,(H,33,38)/t22-/m1/s1. The van der Waals surface area contributed by atoms with E-state index in [0.29, 0.717) is 49.5 Å². The fraction of sp³-hybridized carbons (Fsp3) is 0.452. The van der Waals surface area contributed by atoms with Crippen molar-refractivity contribution in [1.29, 1.82) is 0 Å². The van der Waals surface area contributed by atoms with Gasteiger partial charge in [-0.3, -0.25) is 4.79 Å². The Labute approximate surface area is 240 Å². The lowest BCUT2D eigenvalue weighted by Crippen LogP contribution is -2.47. The van der Waals surface area contributed by atoms with Crippen LogP contribution in [-0.2, 0) is 23.1 Å². The van der Waals surface area contributed by atoms with Crippen LogP contribution >= 0.6 is 0 Å². The van der Waals surface area contributed by atoms with E-state index in [2.05, 4.69) is 28.1 Å². The van der Waals surface area contributed by atoms with Crippen molar-refractivity contribution in [3.8, 4) is 17.3 Å². The predicted octanol–water partition coefficient (Wildman–Crippen LogP) is 4.98. The fourth-order valence-electron chi connectivity index (χ4n) is 5.53. The maximum atomic E-state index is 13.7. The van der Waals surface area contributed by atoms with Crippen LogP contribution in [0.1, 0.15) is 44.0 Å². The third-order valence-corrected chi connectivity index (χ3v) is 7.38. The van der Waals surface area contributed by atoms with Gasteiger partial charge in [0, 0.05) is 49.3 Å². The molecular weight excluding hydrogens is 522 g/mol. The molecule has 10 heteroatoms. The number of hydrogen-bond acceptors (Lipinski definition) is 6. The van der Waals surface area contributed by atoms with E-state index < -0.39 is 11.6 Å². The van der Waals surface area contributed by atoms with Gasteiger partial charge >= 0.3 is 6.09 Å². The number of alkyl carbamates (subject to hydrolysis) is 1. The summed E-state index contributed by atoms with van der Waals surface area (Å²) in [6, 6.07) is 14.0. The first-order valence-corrected chi connectivity index (χ1v) is 14.0. The minimum absolute atomic E-state index is 0.142. The van der Waals surface area contributed by atoms with Gasteiger partial charge in [-0.25, -0.2) is 9.78 Å². The normalized spacial score (nSPS) is 15.9. The second kappa shape index (κ2) is 11.4. The highest BCUT2D eigenvalue weighted by Gasteiger charge is 2.29. The number of para-hydroxylation sites is 1. The van der Waals surface area contributed by atoms with Gasteiger partial charge in [0.25, 0.3) is 5.91 Å². The highest BCUT2D eigenvalue weighted by Crippen LogP contribution is 2.34. The molecule has 1 aliphatic heterocycles. The molecule has 41 heavy (non-hydrogen) atoms. The lowest BCUT2D eigenvalue weighted by atomic mass is 10.1. The summed E-state index contributed by atoms with van der Waals surface area (Å²) in [5.41, 5.74) is 3.63. The van der Waals surface area contributed by atoms with E-state index in [1.54, 1.807) is 25.2 Å². The van der Waals surface area contributed by atoms with Gasteiger partial charge in [-0.1, -0.05) is 18.2 Å².